The molecule has 12 heteroatoms. The number of carbonyl (C=O) groups is 1. The Labute approximate surface area is 220 Å². The number of nitrogen functional groups attached to an aromatic ring is 1. The van der Waals surface area contributed by atoms with Gasteiger partial charge in [-0.25, -0.2) is 19.7 Å². The average molecular weight is 527 g/mol. The lowest BCUT2D eigenvalue weighted by Gasteiger charge is -2.41. The molecule has 1 unspecified atom stereocenters. The highest BCUT2D eigenvalue weighted by Gasteiger charge is 2.48. The minimum atomic E-state index is -0.0449. The van der Waals surface area contributed by atoms with E-state index < -0.39 is 0 Å². The van der Waals surface area contributed by atoms with Gasteiger partial charge in [0.05, 0.1) is 29.8 Å². The fraction of sp³-hybridized carbons (Fsp3) is 0.600. The average Bonchev–Trinajstić information content (AvgIpc) is 3.38. The Kier molecular flexibility index (Phi) is 6.08. The third-order valence-corrected chi connectivity index (χ3v) is 9.28. The Morgan fingerprint density at radius 2 is 2.03 bits per heavy atom. The van der Waals surface area contributed by atoms with Crippen LogP contribution in [0.1, 0.15) is 33.6 Å². The maximum atomic E-state index is 13.1. The molecule has 2 aromatic heterocycles. The summed E-state index contributed by atoms with van der Waals surface area (Å²) in [7, 11) is 0. The molecule has 3 atom stereocenters. The summed E-state index contributed by atoms with van der Waals surface area (Å²) in [5.41, 5.74) is 12.9. The Morgan fingerprint density at radius 3 is 2.70 bits per heavy atom. The van der Waals surface area contributed by atoms with Gasteiger partial charge in [-0.3, -0.25) is 4.90 Å². The van der Waals surface area contributed by atoms with Gasteiger partial charge in [0.15, 0.2) is 17.4 Å². The van der Waals surface area contributed by atoms with Gasteiger partial charge in [-0.05, 0) is 39.7 Å². The lowest BCUT2D eigenvalue weighted by Crippen LogP contribution is -2.50. The van der Waals surface area contributed by atoms with Crippen LogP contribution in [-0.4, -0.2) is 83.0 Å². The summed E-state index contributed by atoms with van der Waals surface area (Å²) in [5, 5.41) is 0.591. The molecule has 6 rings (SSSR count). The maximum absolute atomic E-state index is 13.1. The molecule has 6 heterocycles. The third kappa shape index (κ3) is 4.05. The normalized spacial score (nSPS) is 26.6. The number of piperidine rings is 1. The van der Waals surface area contributed by atoms with E-state index in [4.69, 9.17) is 20.9 Å². The summed E-state index contributed by atoms with van der Waals surface area (Å²) in [4.78, 5) is 33.5. The van der Waals surface area contributed by atoms with Crippen LogP contribution in [0.5, 0.6) is 5.75 Å². The molecule has 0 aromatic carbocycles. The molecular formula is C25H34N8O3S. The molecule has 2 aromatic rings. The van der Waals surface area contributed by atoms with Gasteiger partial charge in [-0.15, -0.1) is 0 Å². The molecule has 1 spiro atoms. The first kappa shape index (κ1) is 24.5. The number of fused-ring (bicyclic) bond motifs is 3. The second kappa shape index (κ2) is 9.17. The van der Waals surface area contributed by atoms with E-state index in [0.29, 0.717) is 35.6 Å². The molecule has 0 saturated carbocycles. The number of aromatic nitrogens is 3. The number of urea groups is 1. The number of anilines is 3. The zero-order valence-electron chi connectivity index (χ0n) is 21.5. The van der Waals surface area contributed by atoms with Gasteiger partial charge in [-0.1, -0.05) is 11.8 Å². The fourth-order valence-electron chi connectivity index (χ4n) is 5.86. The first-order valence-corrected chi connectivity index (χ1v) is 13.7. The summed E-state index contributed by atoms with van der Waals surface area (Å²) in [6.45, 7) is 9.55. The quantitative estimate of drug-likeness (QED) is 0.611. The van der Waals surface area contributed by atoms with Crippen LogP contribution >= 0.6 is 11.8 Å². The number of ether oxygens (including phenoxy) is 2. The molecule has 0 radical (unpaired) electrons. The van der Waals surface area contributed by atoms with E-state index in [-0.39, 0.29) is 35.7 Å². The Balaban J connectivity index is 1.18. The fourth-order valence-corrected chi connectivity index (χ4v) is 6.70. The third-order valence-electron chi connectivity index (χ3n) is 8.23. The van der Waals surface area contributed by atoms with Crippen LogP contribution in [0, 0.1) is 5.41 Å². The van der Waals surface area contributed by atoms with Crippen LogP contribution in [-0.2, 0) is 4.74 Å². The van der Waals surface area contributed by atoms with Crippen molar-refractivity contribution in [2.75, 3.05) is 48.4 Å². The topological polar surface area (TPSA) is 136 Å². The molecule has 11 nitrogen and oxygen atoms in total. The Morgan fingerprint density at radius 1 is 1.24 bits per heavy atom. The summed E-state index contributed by atoms with van der Waals surface area (Å²) < 4.78 is 12.0. The van der Waals surface area contributed by atoms with E-state index in [1.165, 1.54) is 11.8 Å². The summed E-state index contributed by atoms with van der Waals surface area (Å²) in [5.74, 6) is 2.26. The Hall–Kier alpha value is -2.83. The van der Waals surface area contributed by atoms with Crippen LogP contribution in [0.15, 0.2) is 28.4 Å². The minimum Gasteiger partial charge on any atom is -0.486 e. The molecular weight excluding hydrogens is 492 g/mol. The number of carbonyl (C=O) groups excluding carboxylic acids is 1. The molecule has 2 amide bonds. The predicted octanol–water partition coefficient (Wildman–Crippen LogP) is 2.35. The largest absolute Gasteiger partial charge is 0.486 e. The molecule has 37 heavy (non-hydrogen) atoms. The summed E-state index contributed by atoms with van der Waals surface area (Å²) >= 11 is 1.38. The molecule has 0 aliphatic carbocycles. The van der Waals surface area contributed by atoms with Crippen molar-refractivity contribution in [1.82, 2.24) is 19.9 Å². The summed E-state index contributed by atoms with van der Waals surface area (Å²) in [6, 6.07) is 1.96. The first-order chi connectivity index (χ1) is 17.8. The van der Waals surface area contributed by atoms with Crippen molar-refractivity contribution in [2.24, 2.45) is 11.1 Å². The van der Waals surface area contributed by atoms with Gasteiger partial charge < -0.3 is 30.7 Å². The van der Waals surface area contributed by atoms with Crippen molar-refractivity contribution in [3.63, 3.8) is 0 Å². The van der Waals surface area contributed by atoms with E-state index in [0.717, 1.165) is 43.3 Å². The predicted molar refractivity (Wildman–Crippen MR) is 141 cm³/mol. The zero-order valence-corrected chi connectivity index (χ0v) is 22.3. The Bertz CT molecular complexity index is 1200. The van der Waals surface area contributed by atoms with Gasteiger partial charge in [0.2, 0.25) is 0 Å². The van der Waals surface area contributed by atoms with Gasteiger partial charge in [0.25, 0.3) is 0 Å². The number of rotatable bonds is 4. The lowest BCUT2D eigenvalue weighted by atomic mass is 9.73. The summed E-state index contributed by atoms with van der Waals surface area (Å²) in [6.07, 6.45) is 5.49. The van der Waals surface area contributed by atoms with Crippen molar-refractivity contribution >= 4 is 35.2 Å². The minimum absolute atomic E-state index is 0.0363. The van der Waals surface area contributed by atoms with Gasteiger partial charge in [0.1, 0.15) is 17.5 Å². The first-order valence-electron chi connectivity index (χ1n) is 12.9. The monoisotopic (exact) mass is 526 g/mol. The molecule has 198 valence electrons. The molecule has 4 aliphatic heterocycles. The number of hydrogen-bond acceptors (Lipinski definition) is 10. The molecule has 3 fully saturated rings. The number of nitrogens with zero attached hydrogens (tertiary/aromatic N) is 6. The van der Waals surface area contributed by atoms with Crippen LogP contribution in [0.4, 0.5) is 22.2 Å². The lowest BCUT2D eigenvalue weighted by molar-refractivity contribution is 0.0974. The molecule has 3 saturated heterocycles. The second-order valence-electron chi connectivity index (χ2n) is 10.7. The van der Waals surface area contributed by atoms with E-state index in [9.17, 15) is 4.79 Å². The smallest absolute Gasteiger partial charge is 0.326 e. The van der Waals surface area contributed by atoms with Crippen molar-refractivity contribution in [1.29, 1.82) is 0 Å². The SMILES string of the molecule is CC(C)N1CC2COc3c(Sc4ncc(N5CCC6(CC5)CO[C@@H](C)[C@H]6N)nc4N)ccnc3N2C1=O. The highest BCUT2D eigenvalue weighted by Crippen LogP contribution is 2.45. The zero-order chi connectivity index (χ0) is 25.9. The van der Waals surface area contributed by atoms with Crippen LogP contribution < -0.4 is 26.0 Å². The molecule has 4 aliphatic rings. The number of pyridine rings is 1. The van der Waals surface area contributed by atoms with Crippen LogP contribution in [0.3, 0.4) is 0 Å². The number of nitrogens with two attached hydrogens (primary N) is 2. The number of hydrogen-bond donors (Lipinski definition) is 2. The van der Waals surface area contributed by atoms with E-state index in [1.54, 1.807) is 17.3 Å². The van der Waals surface area contributed by atoms with Crippen molar-refractivity contribution < 1.29 is 14.3 Å². The van der Waals surface area contributed by atoms with E-state index in [1.807, 2.05) is 24.8 Å². The standard InChI is InChI=1S/C25H34N8O3S/c1-14(2)32-11-16-12-35-19-17(4-7-28-22(19)33(16)24(32)34)37-23-21(27)30-18(10-29-23)31-8-5-25(6-9-31)13-36-15(3)20(25)26/h4,7,10,14-16,20H,5-6,8-9,11-13,26H2,1-3H3,(H2,27,30)/t15-,16?,20+/m0/s1. The van der Waals surface area contributed by atoms with Crippen molar-refractivity contribution in [2.45, 2.75) is 67.8 Å². The van der Waals surface area contributed by atoms with E-state index in [2.05, 4.69) is 26.8 Å². The van der Waals surface area contributed by atoms with Gasteiger partial charge in [0, 0.05) is 43.3 Å². The highest BCUT2D eigenvalue weighted by molar-refractivity contribution is 7.99. The van der Waals surface area contributed by atoms with Crippen molar-refractivity contribution in [3.8, 4) is 5.75 Å². The van der Waals surface area contributed by atoms with Gasteiger partial charge in [-0.2, -0.15) is 0 Å². The highest BCUT2D eigenvalue weighted by atomic mass is 32.2. The molecule has 4 N–H and O–H groups in total. The van der Waals surface area contributed by atoms with E-state index >= 15 is 0 Å². The second-order valence-corrected chi connectivity index (χ2v) is 11.8. The molecule has 0 bridgehead atoms. The maximum Gasteiger partial charge on any atom is 0.326 e. The van der Waals surface area contributed by atoms with Crippen LogP contribution in [0.2, 0.25) is 0 Å². The van der Waals surface area contributed by atoms with Crippen molar-refractivity contribution in [3.05, 3.63) is 18.5 Å². The number of amides is 2. The van der Waals surface area contributed by atoms with Crippen LogP contribution in [0.25, 0.3) is 0 Å². The van der Waals surface area contributed by atoms with Gasteiger partial charge >= 0.3 is 6.03 Å².